The number of nitrogens with zero attached hydrogens (tertiary/aromatic N) is 3. The quantitative estimate of drug-likeness (QED) is 0.203. The molecule has 2 N–H and O–H groups in total. The summed E-state index contributed by atoms with van der Waals surface area (Å²) < 4.78 is 2.16. The van der Waals surface area contributed by atoms with Gasteiger partial charge >= 0.3 is 0 Å². The predicted octanol–water partition coefficient (Wildman–Crippen LogP) is 10.6. The monoisotopic (exact) mass is 630 g/mol. The van der Waals surface area contributed by atoms with Crippen molar-refractivity contribution in [2.45, 2.75) is 0 Å². The molecule has 5 heteroatoms. The van der Waals surface area contributed by atoms with Crippen LogP contribution in [0.5, 0.6) is 5.75 Å². The number of para-hydroxylation sites is 1. The molecule has 2 aliphatic heterocycles. The zero-order chi connectivity index (χ0) is 32.7. The molecular formula is C44H30N4O. The number of H-pyrrole nitrogens is 1. The lowest BCUT2D eigenvalue weighted by atomic mass is 9.93. The van der Waals surface area contributed by atoms with Gasteiger partial charge in [-0.05, 0) is 77.4 Å². The van der Waals surface area contributed by atoms with Gasteiger partial charge < -0.3 is 14.7 Å². The van der Waals surface area contributed by atoms with Crippen LogP contribution < -0.4 is 0 Å². The lowest BCUT2D eigenvalue weighted by molar-refractivity contribution is 0.483. The summed E-state index contributed by atoms with van der Waals surface area (Å²) in [5, 5.41) is 12.5. The molecule has 0 radical (unpaired) electrons. The van der Waals surface area contributed by atoms with Gasteiger partial charge in [0.2, 0.25) is 0 Å². The van der Waals surface area contributed by atoms with Crippen LogP contribution in [0.15, 0.2) is 152 Å². The first-order valence-corrected chi connectivity index (χ1v) is 16.3. The van der Waals surface area contributed by atoms with Crippen LogP contribution in [0.25, 0.3) is 73.8 Å². The van der Waals surface area contributed by atoms with Crippen LogP contribution in [0.1, 0.15) is 28.3 Å². The zero-order valence-electron chi connectivity index (χ0n) is 26.5. The fourth-order valence-corrected chi connectivity index (χ4v) is 6.81. The van der Waals surface area contributed by atoms with Crippen LogP contribution in [0.3, 0.4) is 0 Å². The van der Waals surface area contributed by atoms with Gasteiger partial charge in [-0.2, -0.15) is 0 Å². The van der Waals surface area contributed by atoms with Crippen molar-refractivity contribution in [1.82, 2.24) is 19.5 Å². The van der Waals surface area contributed by atoms with Gasteiger partial charge in [0, 0.05) is 27.9 Å². The Morgan fingerprint density at radius 2 is 1.04 bits per heavy atom. The fourth-order valence-electron chi connectivity index (χ4n) is 6.81. The third kappa shape index (κ3) is 5.14. The van der Waals surface area contributed by atoms with Gasteiger partial charge in [-0.25, -0.2) is 9.97 Å². The Kier molecular flexibility index (Phi) is 6.87. The third-order valence-corrected chi connectivity index (χ3v) is 8.97. The summed E-state index contributed by atoms with van der Waals surface area (Å²) in [5.41, 5.74) is 13.0. The van der Waals surface area contributed by atoms with E-state index in [4.69, 9.17) is 9.97 Å². The Morgan fingerprint density at radius 3 is 1.67 bits per heavy atom. The molecule has 49 heavy (non-hydrogen) atoms. The largest absolute Gasteiger partial charge is 0.505 e. The molecule has 0 atom stereocenters. The van der Waals surface area contributed by atoms with E-state index in [1.807, 2.05) is 72.8 Å². The van der Waals surface area contributed by atoms with E-state index in [1.54, 1.807) is 0 Å². The van der Waals surface area contributed by atoms with Gasteiger partial charge in [-0.15, -0.1) is 0 Å². The predicted molar refractivity (Wildman–Crippen MR) is 201 cm³/mol. The minimum atomic E-state index is 0.171. The number of hydrogen-bond donors (Lipinski definition) is 2. The summed E-state index contributed by atoms with van der Waals surface area (Å²) in [7, 11) is 0. The summed E-state index contributed by atoms with van der Waals surface area (Å²) in [5.74, 6) is 0.171. The molecule has 0 saturated carbocycles. The molecule has 4 aromatic carbocycles. The number of rotatable bonds is 4. The maximum atomic E-state index is 12.5. The van der Waals surface area contributed by atoms with Gasteiger partial charge in [0.1, 0.15) is 5.75 Å². The van der Waals surface area contributed by atoms with Crippen molar-refractivity contribution >= 4 is 45.9 Å². The smallest absolute Gasteiger partial charge is 0.149 e. The first-order valence-electron chi connectivity index (χ1n) is 16.3. The highest BCUT2D eigenvalue weighted by molar-refractivity contribution is 6.08. The van der Waals surface area contributed by atoms with Gasteiger partial charge in [-0.3, -0.25) is 0 Å². The molecular weight excluding hydrogens is 601 g/mol. The summed E-state index contributed by atoms with van der Waals surface area (Å²) in [6.07, 6.45) is 6.15. The van der Waals surface area contributed by atoms with E-state index < -0.39 is 0 Å². The summed E-state index contributed by atoms with van der Waals surface area (Å²) >= 11 is 0. The maximum absolute atomic E-state index is 12.5. The van der Waals surface area contributed by atoms with E-state index in [1.165, 1.54) is 0 Å². The maximum Gasteiger partial charge on any atom is 0.149 e. The van der Waals surface area contributed by atoms with Crippen molar-refractivity contribution in [3.8, 4) is 33.7 Å². The van der Waals surface area contributed by atoms with Crippen LogP contribution >= 0.6 is 0 Å². The molecule has 0 amide bonds. The topological polar surface area (TPSA) is 66.7 Å². The summed E-state index contributed by atoms with van der Waals surface area (Å²) in [6.45, 7) is 0. The second-order valence-electron chi connectivity index (χ2n) is 12.1. The highest BCUT2D eigenvalue weighted by atomic mass is 16.3. The number of aromatic hydroxyl groups is 1. The molecule has 0 aliphatic carbocycles. The third-order valence-electron chi connectivity index (χ3n) is 8.97. The second kappa shape index (κ2) is 11.8. The molecule has 2 aliphatic rings. The molecule has 0 saturated heterocycles. The molecule has 0 spiro atoms. The highest BCUT2D eigenvalue weighted by Crippen LogP contribution is 2.47. The van der Waals surface area contributed by atoms with Crippen LogP contribution in [0, 0.1) is 0 Å². The average molecular weight is 631 g/mol. The highest BCUT2D eigenvalue weighted by Gasteiger charge is 2.26. The number of hydrogen-bond acceptors (Lipinski definition) is 3. The molecule has 232 valence electrons. The number of nitrogens with one attached hydrogen (secondary N) is 1. The Labute approximate surface area is 283 Å². The first kappa shape index (κ1) is 28.5. The normalized spacial score (nSPS) is 12.2. The molecule has 5 nitrogen and oxygen atoms in total. The minimum absolute atomic E-state index is 0.171. The van der Waals surface area contributed by atoms with Crippen LogP contribution in [0.2, 0.25) is 0 Å². The van der Waals surface area contributed by atoms with E-state index >= 15 is 0 Å². The van der Waals surface area contributed by atoms with Crippen LogP contribution in [-0.2, 0) is 0 Å². The summed E-state index contributed by atoms with van der Waals surface area (Å²) in [4.78, 5) is 13.9. The van der Waals surface area contributed by atoms with Crippen molar-refractivity contribution in [2.24, 2.45) is 0 Å². The van der Waals surface area contributed by atoms with Crippen molar-refractivity contribution in [3.05, 3.63) is 180 Å². The van der Waals surface area contributed by atoms with Gasteiger partial charge in [0.15, 0.2) is 0 Å². The zero-order valence-corrected chi connectivity index (χ0v) is 26.5. The molecule has 7 aromatic rings. The van der Waals surface area contributed by atoms with Crippen molar-refractivity contribution in [2.75, 3.05) is 0 Å². The molecule has 5 heterocycles. The SMILES string of the molecule is Oc1c(-c2ccccc2)c2c(-c3ccccc3)c3nc(cc4ccc(cc5nc(cc1n2-c1ccccc1)C=C5)[nH]4)C=C3c1ccccc1. The molecule has 9 rings (SSSR count). The Morgan fingerprint density at radius 1 is 0.510 bits per heavy atom. The summed E-state index contributed by atoms with van der Waals surface area (Å²) in [6, 6.07) is 51.3. The number of benzene rings is 4. The average Bonchev–Trinajstić information content (AvgIpc) is 3.94. The van der Waals surface area contributed by atoms with E-state index in [0.717, 1.165) is 78.4 Å². The van der Waals surface area contributed by atoms with Crippen molar-refractivity contribution < 1.29 is 5.11 Å². The van der Waals surface area contributed by atoms with Gasteiger partial charge in [-0.1, -0.05) is 109 Å². The fraction of sp³-hybridized carbons (Fsp3) is 0. The van der Waals surface area contributed by atoms with Gasteiger partial charge in [0.25, 0.3) is 0 Å². The first-order chi connectivity index (χ1) is 24.2. The van der Waals surface area contributed by atoms with Crippen LogP contribution in [0.4, 0.5) is 0 Å². The van der Waals surface area contributed by atoms with Crippen molar-refractivity contribution in [3.63, 3.8) is 0 Å². The molecule has 0 unspecified atom stereocenters. The molecule has 3 aromatic heterocycles. The number of fused-ring (bicyclic) bond motifs is 8. The lowest BCUT2D eigenvalue weighted by Crippen LogP contribution is -1.98. The Hall–Kier alpha value is -6.72. The van der Waals surface area contributed by atoms with E-state index in [-0.39, 0.29) is 5.75 Å². The van der Waals surface area contributed by atoms with Crippen molar-refractivity contribution in [1.29, 1.82) is 0 Å². The lowest BCUT2D eigenvalue weighted by Gasteiger charge is -2.15. The standard InChI is InChI=1S/C44H30N4O/c49-44-39-28-35-24-23-33(46-35)25-32-21-22-34(45-32)26-36-27-38(29-13-5-1-6-14-29)42(47-36)40(30-15-7-2-8-16-30)43(41(44)31-17-9-3-10-18-31)48(39)37-19-11-4-12-20-37/h1-28,45,49H. The second-order valence-corrected chi connectivity index (χ2v) is 12.1. The number of aromatic nitrogens is 4. The molecule has 0 fully saturated rings. The van der Waals surface area contributed by atoms with Gasteiger partial charge in [0.05, 0.1) is 39.4 Å². The number of aromatic amines is 1. The van der Waals surface area contributed by atoms with E-state index in [0.29, 0.717) is 5.52 Å². The Bertz CT molecular complexity index is 2580. The van der Waals surface area contributed by atoms with E-state index in [9.17, 15) is 5.11 Å². The molecule has 8 bridgehead atoms. The Balaban J connectivity index is 1.58. The van der Waals surface area contributed by atoms with E-state index in [2.05, 4.69) is 107 Å². The van der Waals surface area contributed by atoms with Crippen LogP contribution in [-0.4, -0.2) is 24.6 Å². The minimum Gasteiger partial charge on any atom is -0.505 e.